The molecule has 6 nitrogen and oxygen atoms in total. The van der Waals surface area contributed by atoms with E-state index in [1.165, 1.54) is 19.1 Å². The van der Waals surface area contributed by atoms with Gasteiger partial charge in [-0.05, 0) is 44.4 Å². The van der Waals surface area contributed by atoms with Crippen molar-refractivity contribution in [1.82, 2.24) is 10.0 Å². The van der Waals surface area contributed by atoms with Crippen LogP contribution in [0.2, 0.25) is 0 Å². The van der Waals surface area contributed by atoms with E-state index in [4.69, 9.17) is 5.73 Å². The average molecular weight is 380 g/mol. The van der Waals surface area contributed by atoms with Crippen LogP contribution >= 0.6 is 12.4 Å². The van der Waals surface area contributed by atoms with Crippen molar-refractivity contribution < 1.29 is 17.6 Å². The summed E-state index contributed by atoms with van der Waals surface area (Å²) in [4.78, 5) is 11.7. The summed E-state index contributed by atoms with van der Waals surface area (Å²) in [6.07, 6.45) is 2.78. The van der Waals surface area contributed by atoms with Gasteiger partial charge in [0.2, 0.25) is 15.9 Å². The zero-order valence-corrected chi connectivity index (χ0v) is 15.0. The van der Waals surface area contributed by atoms with E-state index < -0.39 is 32.7 Å². The first-order chi connectivity index (χ1) is 10.8. The molecule has 1 aliphatic rings. The molecule has 0 aromatic heterocycles. The molecule has 0 bridgehead atoms. The van der Waals surface area contributed by atoms with E-state index in [1.54, 1.807) is 0 Å². The number of hydrogen-bond donors (Lipinski definition) is 3. The lowest BCUT2D eigenvalue weighted by Gasteiger charge is -2.22. The Bertz CT molecular complexity index is 672. The predicted octanol–water partition coefficient (Wildman–Crippen LogP) is 1.16. The van der Waals surface area contributed by atoms with Gasteiger partial charge in [-0.2, -0.15) is 4.72 Å². The van der Waals surface area contributed by atoms with Crippen LogP contribution in [0, 0.1) is 11.7 Å². The van der Waals surface area contributed by atoms with Crippen LogP contribution in [0.3, 0.4) is 0 Å². The molecule has 4 N–H and O–H groups in total. The quantitative estimate of drug-likeness (QED) is 0.690. The van der Waals surface area contributed by atoms with Crippen molar-refractivity contribution in [3.05, 3.63) is 30.1 Å². The van der Waals surface area contributed by atoms with Crippen molar-refractivity contribution in [2.75, 3.05) is 6.54 Å². The molecule has 3 atom stereocenters. The van der Waals surface area contributed by atoms with Gasteiger partial charge in [0, 0.05) is 6.04 Å². The molecule has 0 saturated heterocycles. The Labute approximate surface area is 147 Å². The molecule has 9 heteroatoms. The largest absolute Gasteiger partial charge is 0.352 e. The maximum atomic E-state index is 13.6. The number of rotatable bonds is 6. The van der Waals surface area contributed by atoms with Gasteiger partial charge in [-0.15, -0.1) is 12.4 Å². The Hall–Kier alpha value is -1.22. The first-order valence-corrected chi connectivity index (χ1v) is 9.10. The molecule has 0 spiro atoms. The monoisotopic (exact) mass is 379 g/mol. The molecule has 3 unspecified atom stereocenters. The summed E-state index contributed by atoms with van der Waals surface area (Å²) in [5, 5.41) is 2.83. The fraction of sp³-hybridized carbons (Fsp3) is 0.533. The standard InChI is InChI=1S/C15H22FN3O3S.ClH/c1-10(15(20)18-13-7-4-5-11(13)9-17)19-23(21,22)14-8-3-2-6-12(14)16;/h2-3,6,8,10-11,13,19H,4-5,7,9,17H2,1H3,(H,18,20);1H. The Kier molecular flexibility index (Phi) is 7.59. The van der Waals surface area contributed by atoms with Gasteiger partial charge in [0.05, 0.1) is 6.04 Å². The van der Waals surface area contributed by atoms with Crippen molar-refractivity contribution in [3.8, 4) is 0 Å². The van der Waals surface area contributed by atoms with Gasteiger partial charge in [0.15, 0.2) is 0 Å². The number of sulfonamides is 1. The van der Waals surface area contributed by atoms with Crippen LogP contribution in [0.5, 0.6) is 0 Å². The molecule has 1 aromatic rings. The second-order valence-corrected chi connectivity index (χ2v) is 7.50. The molecule has 2 rings (SSSR count). The Morgan fingerprint density at radius 1 is 1.38 bits per heavy atom. The van der Waals surface area contributed by atoms with Crippen LogP contribution in [0.25, 0.3) is 0 Å². The van der Waals surface area contributed by atoms with E-state index >= 15 is 0 Å². The molecular weight excluding hydrogens is 357 g/mol. The van der Waals surface area contributed by atoms with E-state index in [0.29, 0.717) is 6.54 Å². The van der Waals surface area contributed by atoms with Crippen LogP contribution in [0.1, 0.15) is 26.2 Å². The number of carbonyl (C=O) groups is 1. The summed E-state index contributed by atoms with van der Waals surface area (Å²) in [5.41, 5.74) is 5.67. The van der Waals surface area contributed by atoms with Crippen molar-refractivity contribution in [3.63, 3.8) is 0 Å². The highest BCUT2D eigenvalue weighted by molar-refractivity contribution is 7.89. The maximum Gasteiger partial charge on any atom is 0.244 e. The Morgan fingerprint density at radius 2 is 2.04 bits per heavy atom. The number of benzene rings is 1. The lowest BCUT2D eigenvalue weighted by Crippen LogP contribution is -2.49. The van der Waals surface area contributed by atoms with E-state index in [9.17, 15) is 17.6 Å². The molecule has 0 radical (unpaired) electrons. The third kappa shape index (κ3) is 4.89. The van der Waals surface area contributed by atoms with Crippen LogP contribution in [-0.2, 0) is 14.8 Å². The fourth-order valence-electron chi connectivity index (χ4n) is 2.83. The van der Waals surface area contributed by atoms with Crippen molar-refractivity contribution >= 4 is 28.3 Å². The Morgan fingerprint density at radius 3 is 2.67 bits per heavy atom. The lowest BCUT2D eigenvalue weighted by molar-refractivity contribution is -0.123. The molecule has 1 aromatic carbocycles. The topological polar surface area (TPSA) is 101 Å². The normalized spacial score (nSPS) is 21.8. The molecule has 24 heavy (non-hydrogen) atoms. The zero-order valence-electron chi connectivity index (χ0n) is 13.4. The van der Waals surface area contributed by atoms with Crippen LogP contribution in [-0.4, -0.2) is 33.0 Å². The Balaban J connectivity index is 0.00000288. The highest BCUT2D eigenvalue weighted by atomic mass is 35.5. The highest BCUT2D eigenvalue weighted by Crippen LogP contribution is 2.24. The first-order valence-electron chi connectivity index (χ1n) is 7.62. The number of nitrogens with two attached hydrogens (primary N) is 1. The molecule has 0 aliphatic heterocycles. The smallest absolute Gasteiger partial charge is 0.244 e. The number of halogens is 2. The lowest BCUT2D eigenvalue weighted by atomic mass is 10.0. The third-order valence-electron chi connectivity index (χ3n) is 4.14. The summed E-state index contributed by atoms with van der Waals surface area (Å²) < 4.78 is 40.2. The van der Waals surface area contributed by atoms with Gasteiger partial charge in [0.1, 0.15) is 10.7 Å². The summed E-state index contributed by atoms with van der Waals surface area (Å²) in [6, 6.07) is 4.00. The molecule has 1 amide bonds. The summed E-state index contributed by atoms with van der Waals surface area (Å²) in [5.74, 6) is -1.07. The van der Waals surface area contributed by atoms with Crippen LogP contribution < -0.4 is 15.8 Å². The fourth-order valence-corrected chi connectivity index (χ4v) is 4.11. The van der Waals surface area contributed by atoms with Gasteiger partial charge in [-0.3, -0.25) is 4.79 Å². The van der Waals surface area contributed by atoms with Crippen molar-refractivity contribution in [1.29, 1.82) is 0 Å². The van der Waals surface area contributed by atoms with Crippen molar-refractivity contribution in [2.24, 2.45) is 11.7 Å². The minimum Gasteiger partial charge on any atom is -0.352 e. The van der Waals surface area contributed by atoms with Gasteiger partial charge in [0.25, 0.3) is 0 Å². The van der Waals surface area contributed by atoms with Gasteiger partial charge < -0.3 is 11.1 Å². The molecule has 1 aliphatic carbocycles. The molecular formula is C15H23ClFN3O3S. The van der Waals surface area contributed by atoms with Gasteiger partial charge in [-0.25, -0.2) is 12.8 Å². The SMILES string of the molecule is CC(NS(=O)(=O)c1ccccc1F)C(=O)NC1CCCC1CN.Cl. The van der Waals surface area contributed by atoms with E-state index in [-0.39, 0.29) is 24.4 Å². The minimum absolute atomic E-state index is 0. The summed E-state index contributed by atoms with van der Waals surface area (Å²) in [6.45, 7) is 1.92. The average Bonchev–Trinajstić information content (AvgIpc) is 2.94. The number of amides is 1. The van der Waals surface area contributed by atoms with Crippen molar-refractivity contribution in [2.45, 2.75) is 43.2 Å². The zero-order chi connectivity index (χ0) is 17.0. The second-order valence-electron chi connectivity index (χ2n) is 5.82. The van der Waals surface area contributed by atoms with E-state index in [0.717, 1.165) is 31.4 Å². The molecule has 136 valence electrons. The number of nitrogens with one attached hydrogen (secondary N) is 2. The first kappa shape index (κ1) is 20.8. The van der Waals surface area contributed by atoms with Crippen LogP contribution in [0.15, 0.2) is 29.2 Å². The molecule has 1 fully saturated rings. The minimum atomic E-state index is -4.10. The molecule has 0 heterocycles. The molecule has 1 saturated carbocycles. The number of carbonyl (C=O) groups excluding carboxylic acids is 1. The highest BCUT2D eigenvalue weighted by Gasteiger charge is 2.30. The summed E-state index contributed by atoms with van der Waals surface area (Å²) in [7, 11) is -4.10. The van der Waals surface area contributed by atoms with Gasteiger partial charge >= 0.3 is 0 Å². The maximum absolute atomic E-state index is 13.6. The second kappa shape index (κ2) is 8.75. The predicted molar refractivity (Wildman–Crippen MR) is 91.8 cm³/mol. The van der Waals surface area contributed by atoms with E-state index in [1.807, 2.05) is 0 Å². The number of hydrogen-bond acceptors (Lipinski definition) is 4. The van der Waals surface area contributed by atoms with E-state index in [2.05, 4.69) is 10.0 Å². The van der Waals surface area contributed by atoms with Crippen LogP contribution in [0.4, 0.5) is 4.39 Å². The van der Waals surface area contributed by atoms with Gasteiger partial charge in [-0.1, -0.05) is 18.6 Å². The third-order valence-corrected chi connectivity index (χ3v) is 5.71. The summed E-state index contributed by atoms with van der Waals surface area (Å²) >= 11 is 0.